The van der Waals surface area contributed by atoms with Gasteiger partial charge in [0.2, 0.25) is 0 Å². The summed E-state index contributed by atoms with van der Waals surface area (Å²) in [6.45, 7) is 4.24. The Kier molecular flexibility index (Phi) is 5.72. The second-order valence-electron chi connectivity index (χ2n) is 6.15. The molecule has 2 aromatic rings. The smallest absolute Gasteiger partial charge is 0.0922 e. The zero-order valence-electron chi connectivity index (χ0n) is 14.1. The SMILES string of the molecule is C=C(c1ccccc1)c1ccc([SiH2]C(N(C)C)N(C)C)cc1. The summed E-state index contributed by atoms with van der Waals surface area (Å²) in [5, 5.41) is 1.48. The van der Waals surface area contributed by atoms with Crippen LogP contribution in [0.25, 0.3) is 5.57 Å². The molecular weight excluding hydrogens is 284 g/mol. The molecule has 0 aliphatic rings. The molecule has 0 aliphatic heterocycles. The lowest BCUT2D eigenvalue weighted by molar-refractivity contribution is 0.202. The van der Waals surface area contributed by atoms with Gasteiger partial charge in [0.25, 0.3) is 0 Å². The third-order valence-electron chi connectivity index (χ3n) is 4.04. The fraction of sp³-hybridized carbons (Fsp3) is 0.263. The summed E-state index contributed by atoms with van der Waals surface area (Å²) in [6.07, 6.45) is 0. The van der Waals surface area contributed by atoms with Crippen LogP contribution in [0.5, 0.6) is 0 Å². The predicted octanol–water partition coefficient (Wildman–Crippen LogP) is 1.95. The van der Waals surface area contributed by atoms with Crippen molar-refractivity contribution in [2.75, 3.05) is 28.2 Å². The molecule has 2 rings (SSSR count). The van der Waals surface area contributed by atoms with Gasteiger partial charge in [0.05, 0.1) is 9.52 Å². The van der Waals surface area contributed by atoms with Crippen molar-refractivity contribution >= 4 is 20.3 Å². The molecule has 3 heteroatoms. The number of hydrogen-bond acceptors (Lipinski definition) is 2. The van der Waals surface area contributed by atoms with Crippen LogP contribution in [0.2, 0.25) is 0 Å². The average Bonchev–Trinajstić information content (AvgIpc) is 2.52. The normalized spacial score (nSPS) is 12.0. The van der Waals surface area contributed by atoms with E-state index in [4.69, 9.17) is 0 Å². The standard InChI is InChI=1S/C19H26N2Si/c1-15(16-9-7-6-8-10-16)17-11-13-18(14-12-17)22-19(20(2)3)21(4)5/h6-14,19H,1,22H2,2-5H3. The van der Waals surface area contributed by atoms with Crippen LogP contribution in [0.1, 0.15) is 11.1 Å². The second kappa shape index (κ2) is 7.54. The van der Waals surface area contributed by atoms with Crippen LogP contribution in [-0.4, -0.2) is 53.3 Å². The summed E-state index contributed by atoms with van der Waals surface area (Å²) in [7, 11) is 8.25. The first-order valence-electron chi connectivity index (χ1n) is 7.65. The quantitative estimate of drug-likeness (QED) is 0.594. The maximum Gasteiger partial charge on any atom is 0.0922 e. The molecule has 0 saturated heterocycles. The maximum absolute atomic E-state index is 4.24. The van der Waals surface area contributed by atoms with Crippen molar-refractivity contribution in [1.29, 1.82) is 0 Å². The predicted molar refractivity (Wildman–Crippen MR) is 100 cm³/mol. The molecule has 116 valence electrons. The molecule has 0 N–H and O–H groups in total. The van der Waals surface area contributed by atoms with Crippen molar-refractivity contribution in [2.24, 2.45) is 0 Å². The highest BCUT2D eigenvalue weighted by Gasteiger charge is 2.15. The van der Waals surface area contributed by atoms with E-state index in [1.165, 1.54) is 16.3 Å². The fourth-order valence-corrected chi connectivity index (χ4v) is 4.35. The van der Waals surface area contributed by atoms with Crippen molar-refractivity contribution in [3.8, 4) is 0 Å². The van der Waals surface area contributed by atoms with Crippen LogP contribution in [0.4, 0.5) is 0 Å². The van der Waals surface area contributed by atoms with E-state index in [0.29, 0.717) is 5.79 Å². The van der Waals surface area contributed by atoms with Gasteiger partial charge in [-0.2, -0.15) is 0 Å². The second-order valence-corrected chi connectivity index (χ2v) is 8.11. The van der Waals surface area contributed by atoms with Gasteiger partial charge in [-0.3, -0.25) is 9.80 Å². The van der Waals surface area contributed by atoms with Crippen molar-refractivity contribution in [3.05, 3.63) is 72.3 Å². The molecule has 0 aliphatic carbocycles. The van der Waals surface area contributed by atoms with E-state index >= 15 is 0 Å². The van der Waals surface area contributed by atoms with Gasteiger partial charge in [0.15, 0.2) is 0 Å². The Bertz CT molecular complexity index is 595. The molecule has 0 atom stereocenters. The molecular formula is C19H26N2Si. The lowest BCUT2D eigenvalue weighted by atomic mass is 10.00. The van der Waals surface area contributed by atoms with Crippen LogP contribution in [0, 0.1) is 0 Å². The Morgan fingerprint density at radius 1 is 0.818 bits per heavy atom. The van der Waals surface area contributed by atoms with Crippen LogP contribution < -0.4 is 5.19 Å². The molecule has 0 bridgehead atoms. The van der Waals surface area contributed by atoms with E-state index in [9.17, 15) is 0 Å². The summed E-state index contributed by atoms with van der Waals surface area (Å²) in [5.74, 6) is 0.545. The first-order valence-corrected chi connectivity index (χ1v) is 9.18. The zero-order chi connectivity index (χ0) is 16.1. The Labute approximate surface area is 136 Å². The van der Waals surface area contributed by atoms with Crippen molar-refractivity contribution in [3.63, 3.8) is 0 Å². The van der Waals surface area contributed by atoms with Gasteiger partial charge in [-0.05, 0) is 44.9 Å². The molecule has 2 aromatic carbocycles. The highest BCUT2D eigenvalue weighted by molar-refractivity contribution is 6.54. The van der Waals surface area contributed by atoms with Crippen LogP contribution in [-0.2, 0) is 0 Å². The van der Waals surface area contributed by atoms with Gasteiger partial charge >= 0.3 is 0 Å². The van der Waals surface area contributed by atoms with Gasteiger partial charge < -0.3 is 0 Å². The molecule has 0 unspecified atom stereocenters. The van der Waals surface area contributed by atoms with Gasteiger partial charge in [0, 0.05) is 5.79 Å². The Hall–Kier alpha value is -1.68. The molecule has 0 fully saturated rings. The summed E-state index contributed by atoms with van der Waals surface area (Å²) in [6, 6.07) is 19.3. The minimum atomic E-state index is -0.374. The van der Waals surface area contributed by atoms with Gasteiger partial charge in [-0.25, -0.2) is 0 Å². The minimum absolute atomic E-state index is 0.374. The number of hydrogen-bond donors (Lipinski definition) is 0. The molecule has 0 spiro atoms. The van der Waals surface area contributed by atoms with E-state index in [1.54, 1.807) is 0 Å². The lowest BCUT2D eigenvalue weighted by Crippen LogP contribution is -2.48. The molecule has 0 heterocycles. The topological polar surface area (TPSA) is 6.48 Å². The van der Waals surface area contributed by atoms with Crippen molar-refractivity contribution in [2.45, 2.75) is 5.79 Å². The summed E-state index contributed by atoms with van der Waals surface area (Å²) in [5.41, 5.74) is 3.48. The monoisotopic (exact) mass is 310 g/mol. The van der Waals surface area contributed by atoms with Gasteiger partial charge in [-0.1, -0.05) is 66.4 Å². The average molecular weight is 311 g/mol. The van der Waals surface area contributed by atoms with E-state index in [1.807, 2.05) is 6.07 Å². The van der Waals surface area contributed by atoms with Gasteiger partial charge in [-0.15, -0.1) is 0 Å². The van der Waals surface area contributed by atoms with Gasteiger partial charge in [0.1, 0.15) is 0 Å². The number of rotatable bonds is 6. The third kappa shape index (κ3) is 4.16. The Balaban J connectivity index is 2.12. The van der Waals surface area contributed by atoms with Crippen molar-refractivity contribution in [1.82, 2.24) is 9.80 Å². The molecule has 0 saturated carbocycles. The fourth-order valence-electron chi connectivity index (χ4n) is 2.69. The first kappa shape index (κ1) is 16.7. The number of benzene rings is 2. The number of nitrogens with zero attached hydrogens (tertiary/aromatic N) is 2. The summed E-state index contributed by atoms with van der Waals surface area (Å²) in [4.78, 5) is 4.62. The molecule has 0 amide bonds. The highest BCUT2D eigenvalue weighted by atomic mass is 28.2. The van der Waals surface area contributed by atoms with Crippen molar-refractivity contribution < 1.29 is 0 Å². The molecule has 22 heavy (non-hydrogen) atoms. The lowest BCUT2D eigenvalue weighted by Gasteiger charge is -2.30. The van der Waals surface area contributed by atoms with Crippen LogP contribution in [0.3, 0.4) is 0 Å². The maximum atomic E-state index is 4.24. The first-order chi connectivity index (χ1) is 10.5. The largest absolute Gasteiger partial charge is 0.297 e. The zero-order valence-corrected chi connectivity index (χ0v) is 15.5. The van der Waals surface area contributed by atoms with Crippen LogP contribution in [0.15, 0.2) is 61.2 Å². The Morgan fingerprint density at radius 2 is 1.32 bits per heavy atom. The Morgan fingerprint density at radius 3 is 1.82 bits per heavy atom. The van der Waals surface area contributed by atoms with E-state index in [2.05, 4.69) is 93.1 Å². The minimum Gasteiger partial charge on any atom is -0.297 e. The molecule has 2 nitrogen and oxygen atoms in total. The summed E-state index contributed by atoms with van der Waals surface area (Å²) >= 11 is 0. The highest BCUT2D eigenvalue weighted by Crippen LogP contribution is 2.20. The van der Waals surface area contributed by atoms with Crippen LogP contribution >= 0.6 is 0 Å². The van der Waals surface area contributed by atoms with E-state index in [-0.39, 0.29) is 9.52 Å². The molecule has 0 radical (unpaired) electrons. The van der Waals surface area contributed by atoms with E-state index < -0.39 is 0 Å². The van der Waals surface area contributed by atoms with E-state index in [0.717, 1.165) is 5.57 Å². The third-order valence-corrected chi connectivity index (χ3v) is 6.80. The molecule has 0 aromatic heterocycles. The summed E-state index contributed by atoms with van der Waals surface area (Å²) < 4.78 is 0.